The van der Waals surface area contributed by atoms with Crippen molar-refractivity contribution in [2.75, 3.05) is 13.1 Å². The Morgan fingerprint density at radius 1 is 1.05 bits per heavy atom. The second kappa shape index (κ2) is 6.92. The minimum atomic E-state index is -0.759. The minimum Gasteiger partial charge on any atom is -0.481 e. The van der Waals surface area contributed by atoms with Crippen LogP contribution in [-0.2, 0) is 9.59 Å². The number of nitrogens with zero attached hydrogens (tertiary/aromatic N) is 1. The lowest BCUT2D eigenvalue weighted by Crippen LogP contribution is -2.42. The van der Waals surface area contributed by atoms with Crippen LogP contribution in [0.1, 0.15) is 57.8 Å². The highest BCUT2D eigenvalue weighted by Crippen LogP contribution is 2.28. The maximum absolute atomic E-state index is 12.1. The zero-order chi connectivity index (χ0) is 13.7. The third kappa shape index (κ3) is 4.22. The number of amides is 1. The smallest absolute Gasteiger partial charge is 0.308 e. The number of carbonyl (C=O) groups excluding carboxylic acids is 1. The number of likely N-dealkylation sites (tertiary alicyclic amines) is 1. The second-order valence-corrected chi connectivity index (χ2v) is 6.06. The van der Waals surface area contributed by atoms with Gasteiger partial charge in [-0.3, -0.25) is 9.59 Å². The molecule has 1 unspecified atom stereocenters. The van der Waals surface area contributed by atoms with E-state index in [4.69, 9.17) is 5.11 Å². The Bertz CT molecular complexity index is 323. The number of hydrogen-bond donors (Lipinski definition) is 1. The second-order valence-electron chi connectivity index (χ2n) is 6.06. The van der Waals surface area contributed by atoms with Gasteiger partial charge in [0.15, 0.2) is 0 Å². The lowest BCUT2D eigenvalue weighted by molar-refractivity contribution is -0.145. The van der Waals surface area contributed by atoms with Crippen LogP contribution < -0.4 is 0 Å². The molecule has 0 radical (unpaired) electrons. The number of piperidine rings is 1. The summed E-state index contributed by atoms with van der Waals surface area (Å²) in [5, 5.41) is 9.03. The monoisotopic (exact) mass is 267 g/mol. The molecule has 1 saturated heterocycles. The van der Waals surface area contributed by atoms with Gasteiger partial charge < -0.3 is 10.0 Å². The molecule has 0 aromatic heterocycles. The molecule has 2 rings (SSSR count). The van der Waals surface area contributed by atoms with Crippen LogP contribution in [0.2, 0.25) is 0 Å². The first-order chi connectivity index (χ1) is 9.16. The van der Waals surface area contributed by atoms with Gasteiger partial charge in [0, 0.05) is 19.5 Å². The summed E-state index contributed by atoms with van der Waals surface area (Å²) in [6, 6.07) is 0. The number of carboxylic acid groups (broad SMARTS) is 1. The van der Waals surface area contributed by atoms with Crippen LogP contribution in [0.4, 0.5) is 0 Å². The predicted molar refractivity (Wildman–Crippen MR) is 72.7 cm³/mol. The molecule has 1 amide bonds. The van der Waals surface area contributed by atoms with Gasteiger partial charge >= 0.3 is 5.97 Å². The summed E-state index contributed by atoms with van der Waals surface area (Å²) in [7, 11) is 0. The van der Waals surface area contributed by atoms with Gasteiger partial charge in [0.05, 0.1) is 5.92 Å². The normalized spacial score (nSPS) is 25.3. The van der Waals surface area contributed by atoms with Crippen molar-refractivity contribution >= 4 is 11.9 Å². The third-order valence-electron chi connectivity index (χ3n) is 4.61. The van der Waals surface area contributed by atoms with Crippen molar-refractivity contribution in [3.05, 3.63) is 0 Å². The lowest BCUT2D eigenvalue weighted by atomic mass is 9.86. The number of hydrogen-bond acceptors (Lipinski definition) is 2. The zero-order valence-corrected chi connectivity index (χ0v) is 11.6. The molecule has 1 saturated carbocycles. The highest BCUT2D eigenvalue weighted by molar-refractivity contribution is 5.78. The molecule has 1 N–H and O–H groups in total. The standard InChI is InChI=1S/C15H25NO3/c17-14(9-8-12-5-2-1-3-6-12)16-10-4-7-13(11-16)15(18)19/h12-13H,1-11H2,(H,18,19). The summed E-state index contributed by atoms with van der Waals surface area (Å²) in [6.45, 7) is 1.16. The number of carbonyl (C=O) groups is 2. The molecule has 1 aliphatic carbocycles. The Labute approximate surface area is 115 Å². The largest absolute Gasteiger partial charge is 0.481 e. The van der Waals surface area contributed by atoms with Crippen molar-refractivity contribution in [3.63, 3.8) is 0 Å². The third-order valence-corrected chi connectivity index (χ3v) is 4.61. The van der Waals surface area contributed by atoms with Gasteiger partial charge in [-0.05, 0) is 25.2 Å². The first-order valence-corrected chi connectivity index (χ1v) is 7.67. The Balaban J connectivity index is 1.74. The van der Waals surface area contributed by atoms with Crippen LogP contribution in [-0.4, -0.2) is 35.0 Å². The van der Waals surface area contributed by atoms with Crippen molar-refractivity contribution in [1.29, 1.82) is 0 Å². The Hall–Kier alpha value is -1.06. The fourth-order valence-electron chi connectivity index (χ4n) is 3.37. The molecule has 2 fully saturated rings. The Morgan fingerprint density at radius 2 is 1.79 bits per heavy atom. The van der Waals surface area contributed by atoms with E-state index in [9.17, 15) is 9.59 Å². The van der Waals surface area contributed by atoms with E-state index in [0.29, 0.717) is 19.4 Å². The minimum absolute atomic E-state index is 0.163. The average Bonchev–Trinajstić information content (AvgIpc) is 2.46. The Morgan fingerprint density at radius 3 is 2.47 bits per heavy atom. The van der Waals surface area contributed by atoms with E-state index in [-0.39, 0.29) is 11.8 Å². The van der Waals surface area contributed by atoms with Gasteiger partial charge in [0.25, 0.3) is 0 Å². The lowest BCUT2D eigenvalue weighted by Gasteiger charge is -2.31. The zero-order valence-electron chi connectivity index (χ0n) is 11.6. The van der Waals surface area contributed by atoms with E-state index in [0.717, 1.165) is 25.3 Å². The SMILES string of the molecule is O=C(O)C1CCCN(C(=O)CCC2CCCCC2)C1. The van der Waals surface area contributed by atoms with Crippen LogP contribution in [0.5, 0.6) is 0 Å². The summed E-state index contributed by atoms with van der Waals surface area (Å²) in [5.41, 5.74) is 0. The molecule has 19 heavy (non-hydrogen) atoms. The topological polar surface area (TPSA) is 57.6 Å². The molecule has 4 nitrogen and oxygen atoms in total. The molecule has 1 aliphatic heterocycles. The highest BCUT2D eigenvalue weighted by Gasteiger charge is 2.28. The molecule has 0 spiro atoms. The average molecular weight is 267 g/mol. The summed E-state index contributed by atoms with van der Waals surface area (Å²) >= 11 is 0. The van der Waals surface area contributed by atoms with Gasteiger partial charge in [0.2, 0.25) is 5.91 Å². The van der Waals surface area contributed by atoms with Crippen molar-refractivity contribution in [2.45, 2.75) is 57.8 Å². The molecular weight excluding hydrogens is 242 g/mol. The molecule has 0 aromatic rings. The fraction of sp³-hybridized carbons (Fsp3) is 0.867. The molecule has 0 aromatic carbocycles. The van der Waals surface area contributed by atoms with Crippen LogP contribution in [0.15, 0.2) is 0 Å². The molecular formula is C15H25NO3. The van der Waals surface area contributed by atoms with Crippen molar-refractivity contribution in [2.24, 2.45) is 11.8 Å². The maximum atomic E-state index is 12.1. The van der Waals surface area contributed by atoms with E-state index in [1.807, 2.05) is 0 Å². The predicted octanol–water partition coefficient (Wildman–Crippen LogP) is 2.67. The van der Waals surface area contributed by atoms with Gasteiger partial charge in [-0.25, -0.2) is 0 Å². The van der Waals surface area contributed by atoms with Crippen molar-refractivity contribution in [1.82, 2.24) is 4.90 Å². The van der Waals surface area contributed by atoms with Crippen LogP contribution >= 0.6 is 0 Å². The summed E-state index contributed by atoms with van der Waals surface area (Å²) in [6.07, 6.45) is 9.64. The van der Waals surface area contributed by atoms with E-state index in [2.05, 4.69) is 0 Å². The van der Waals surface area contributed by atoms with Crippen molar-refractivity contribution in [3.8, 4) is 0 Å². The summed E-state index contributed by atoms with van der Waals surface area (Å²) in [5.74, 6) is -0.230. The first kappa shape index (κ1) is 14.4. The number of aliphatic carboxylic acids is 1. The van der Waals surface area contributed by atoms with E-state index >= 15 is 0 Å². The van der Waals surface area contributed by atoms with Gasteiger partial charge in [-0.15, -0.1) is 0 Å². The van der Waals surface area contributed by atoms with Crippen molar-refractivity contribution < 1.29 is 14.7 Å². The van der Waals surface area contributed by atoms with Crippen LogP contribution in [0, 0.1) is 11.8 Å². The number of rotatable bonds is 4. The first-order valence-electron chi connectivity index (χ1n) is 7.67. The van der Waals surface area contributed by atoms with Gasteiger partial charge in [-0.2, -0.15) is 0 Å². The Kier molecular flexibility index (Phi) is 5.23. The maximum Gasteiger partial charge on any atom is 0.308 e. The van der Waals surface area contributed by atoms with E-state index in [1.54, 1.807) is 4.90 Å². The summed E-state index contributed by atoms with van der Waals surface area (Å²) < 4.78 is 0. The summed E-state index contributed by atoms with van der Waals surface area (Å²) in [4.78, 5) is 24.9. The van der Waals surface area contributed by atoms with E-state index in [1.165, 1.54) is 32.1 Å². The van der Waals surface area contributed by atoms with E-state index < -0.39 is 5.97 Å². The molecule has 108 valence electrons. The van der Waals surface area contributed by atoms with Crippen LogP contribution in [0.3, 0.4) is 0 Å². The van der Waals surface area contributed by atoms with Gasteiger partial charge in [-0.1, -0.05) is 32.1 Å². The quantitative estimate of drug-likeness (QED) is 0.852. The highest BCUT2D eigenvalue weighted by atomic mass is 16.4. The molecule has 1 heterocycles. The van der Waals surface area contributed by atoms with Gasteiger partial charge in [0.1, 0.15) is 0 Å². The molecule has 1 atom stereocenters. The fourth-order valence-corrected chi connectivity index (χ4v) is 3.37. The molecule has 2 aliphatic rings. The molecule has 4 heteroatoms. The molecule has 0 bridgehead atoms. The number of carboxylic acids is 1. The van der Waals surface area contributed by atoms with Crippen LogP contribution in [0.25, 0.3) is 0 Å².